The van der Waals surface area contributed by atoms with E-state index in [1.807, 2.05) is 26.8 Å². The minimum absolute atomic E-state index is 0.104. The monoisotopic (exact) mass is 191 g/mol. The first-order valence-electron chi connectivity index (χ1n) is 4.41. The van der Waals surface area contributed by atoms with Gasteiger partial charge in [0.25, 0.3) is 5.56 Å². The Kier molecular flexibility index (Phi) is 2.70. The molecule has 1 aromatic heterocycles. The second-order valence-electron chi connectivity index (χ2n) is 4.17. The number of H-pyrrole nitrogens is 1. The average Bonchev–Trinajstić information content (AvgIpc) is 2.07. The van der Waals surface area contributed by atoms with Gasteiger partial charge < -0.3 is 4.98 Å². The number of nitrogens with zero attached hydrogens (tertiary/aromatic N) is 2. The fraction of sp³-hybridized carbons (Fsp3) is 0.500. The lowest BCUT2D eigenvalue weighted by Gasteiger charge is -2.16. The molecule has 0 radical (unpaired) electrons. The van der Waals surface area contributed by atoms with Crippen molar-refractivity contribution >= 4 is 0 Å². The number of nitriles is 1. The molecule has 4 nitrogen and oxygen atoms in total. The molecule has 0 atom stereocenters. The van der Waals surface area contributed by atoms with E-state index < -0.39 is 0 Å². The minimum atomic E-state index is -0.216. The van der Waals surface area contributed by atoms with Crippen molar-refractivity contribution in [2.24, 2.45) is 0 Å². The molecule has 1 heterocycles. The number of rotatable bonds is 1. The molecular formula is C10H13N3O. The number of hydrogen-bond acceptors (Lipinski definition) is 3. The van der Waals surface area contributed by atoms with E-state index in [9.17, 15) is 4.79 Å². The van der Waals surface area contributed by atoms with Gasteiger partial charge in [-0.05, 0) is 0 Å². The summed E-state index contributed by atoms with van der Waals surface area (Å²) >= 11 is 0. The highest BCUT2D eigenvalue weighted by atomic mass is 16.1. The maximum Gasteiger partial charge on any atom is 0.255 e. The normalized spacial score (nSPS) is 11.0. The van der Waals surface area contributed by atoms with Crippen molar-refractivity contribution in [2.45, 2.75) is 32.6 Å². The lowest BCUT2D eigenvalue weighted by molar-refractivity contribution is 0.541. The Morgan fingerprint density at radius 1 is 1.57 bits per heavy atom. The van der Waals surface area contributed by atoms with E-state index in [1.54, 1.807) is 0 Å². The Hall–Kier alpha value is -1.63. The molecule has 0 aliphatic rings. The zero-order chi connectivity index (χ0) is 10.8. The average molecular weight is 191 g/mol. The molecule has 74 valence electrons. The molecule has 0 fully saturated rings. The first-order valence-corrected chi connectivity index (χ1v) is 4.41. The maximum absolute atomic E-state index is 11.4. The van der Waals surface area contributed by atoms with Crippen molar-refractivity contribution in [3.05, 3.63) is 27.9 Å². The third-order valence-electron chi connectivity index (χ3n) is 1.85. The Morgan fingerprint density at radius 2 is 2.21 bits per heavy atom. The summed E-state index contributed by atoms with van der Waals surface area (Å²) in [5.41, 5.74) is 0.0246. The van der Waals surface area contributed by atoms with Crippen LogP contribution in [-0.4, -0.2) is 9.97 Å². The van der Waals surface area contributed by atoms with Gasteiger partial charge in [-0.25, -0.2) is 4.98 Å². The highest BCUT2D eigenvalue weighted by Gasteiger charge is 2.16. The third-order valence-corrected chi connectivity index (χ3v) is 1.85. The number of nitrogens with one attached hydrogen (secondary N) is 1. The lowest BCUT2D eigenvalue weighted by atomic mass is 9.96. The van der Waals surface area contributed by atoms with Gasteiger partial charge in [-0.15, -0.1) is 0 Å². The molecule has 14 heavy (non-hydrogen) atoms. The molecule has 0 bridgehead atoms. The van der Waals surface area contributed by atoms with Crippen LogP contribution >= 0.6 is 0 Å². The summed E-state index contributed by atoms with van der Waals surface area (Å²) in [6, 6.07) is 1.92. The third kappa shape index (κ3) is 2.19. The first-order chi connectivity index (χ1) is 6.45. The summed E-state index contributed by atoms with van der Waals surface area (Å²) < 4.78 is 0. The van der Waals surface area contributed by atoms with Crippen LogP contribution in [0.4, 0.5) is 0 Å². The maximum atomic E-state index is 11.4. The molecule has 0 saturated heterocycles. The predicted molar refractivity (Wildman–Crippen MR) is 52.9 cm³/mol. The Bertz CT molecular complexity index is 420. The van der Waals surface area contributed by atoms with E-state index in [2.05, 4.69) is 9.97 Å². The molecule has 0 amide bonds. The van der Waals surface area contributed by atoms with Gasteiger partial charge in [0.1, 0.15) is 5.82 Å². The molecule has 0 aromatic carbocycles. The molecule has 0 aliphatic heterocycles. The Morgan fingerprint density at radius 3 is 2.64 bits per heavy atom. The predicted octanol–water partition coefficient (Wildman–Crippen LogP) is 1.13. The van der Waals surface area contributed by atoms with Gasteiger partial charge in [-0.1, -0.05) is 20.8 Å². The smallest absolute Gasteiger partial charge is 0.255 e. The number of aromatic amines is 1. The summed E-state index contributed by atoms with van der Waals surface area (Å²) in [7, 11) is 0. The second-order valence-corrected chi connectivity index (χ2v) is 4.17. The van der Waals surface area contributed by atoms with Gasteiger partial charge in [-0.3, -0.25) is 4.79 Å². The molecule has 1 N–H and O–H groups in total. The molecule has 0 aliphatic carbocycles. The van der Waals surface area contributed by atoms with E-state index in [0.717, 1.165) is 0 Å². The highest BCUT2D eigenvalue weighted by Crippen LogP contribution is 2.15. The first kappa shape index (κ1) is 10.5. The molecule has 1 aromatic rings. The molecule has 0 spiro atoms. The SMILES string of the molecule is CC(C)(C)c1ncc(CC#N)c(=O)[nH]1. The van der Waals surface area contributed by atoms with Gasteiger partial charge in [0.05, 0.1) is 12.5 Å². The van der Waals surface area contributed by atoms with E-state index in [4.69, 9.17) is 5.26 Å². The van der Waals surface area contributed by atoms with Crippen molar-refractivity contribution in [1.29, 1.82) is 5.26 Å². The summed E-state index contributed by atoms with van der Waals surface area (Å²) in [6.45, 7) is 5.90. The molecule has 4 heteroatoms. The van der Waals surface area contributed by atoms with E-state index in [1.165, 1.54) is 6.20 Å². The van der Waals surface area contributed by atoms with Crippen LogP contribution in [0, 0.1) is 11.3 Å². The Labute approximate surface area is 82.6 Å². The van der Waals surface area contributed by atoms with Crippen LogP contribution < -0.4 is 5.56 Å². The second kappa shape index (κ2) is 3.62. The Balaban J connectivity index is 3.15. The fourth-order valence-corrected chi connectivity index (χ4v) is 1.01. The molecule has 0 saturated carbocycles. The zero-order valence-corrected chi connectivity index (χ0v) is 8.59. The van der Waals surface area contributed by atoms with Crippen LogP contribution in [0.2, 0.25) is 0 Å². The van der Waals surface area contributed by atoms with Crippen LogP contribution in [-0.2, 0) is 11.8 Å². The molecule has 1 rings (SSSR count). The van der Waals surface area contributed by atoms with E-state index in [0.29, 0.717) is 11.4 Å². The van der Waals surface area contributed by atoms with Gasteiger partial charge >= 0.3 is 0 Å². The zero-order valence-electron chi connectivity index (χ0n) is 8.59. The van der Waals surface area contributed by atoms with E-state index in [-0.39, 0.29) is 17.4 Å². The van der Waals surface area contributed by atoms with Crippen molar-refractivity contribution in [3.63, 3.8) is 0 Å². The highest BCUT2D eigenvalue weighted by molar-refractivity contribution is 5.13. The molecular weight excluding hydrogens is 178 g/mol. The molecule has 0 unspecified atom stereocenters. The topological polar surface area (TPSA) is 69.5 Å². The minimum Gasteiger partial charge on any atom is -0.310 e. The van der Waals surface area contributed by atoms with Crippen LogP contribution in [0.1, 0.15) is 32.2 Å². The van der Waals surface area contributed by atoms with E-state index >= 15 is 0 Å². The van der Waals surface area contributed by atoms with Crippen LogP contribution in [0.15, 0.2) is 11.0 Å². The van der Waals surface area contributed by atoms with Crippen molar-refractivity contribution < 1.29 is 0 Å². The van der Waals surface area contributed by atoms with Gasteiger partial charge in [0.2, 0.25) is 0 Å². The number of aromatic nitrogens is 2. The summed E-state index contributed by atoms with van der Waals surface area (Å²) in [4.78, 5) is 18.2. The van der Waals surface area contributed by atoms with Gasteiger partial charge in [-0.2, -0.15) is 5.26 Å². The van der Waals surface area contributed by atoms with Crippen molar-refractivity contribution in [1.82, 2.24) is 9.97 Å². The number of hydrogen-bond donors (Lipinski definition) is 1. The summed E-state index contributed by atoms with van der Waals surface area (Å²) in [6.07, 6.45) is 1.58. The largest absolute Gasteiger partial charge is 0.310 e. The van der Waals surface area contributed by atoms with Crippen LogP contribution in [0.3, 0.4) is 0 Å². The lowest BCUT2D eigenvalue weighted by Crippen LogP contribution is -2.23. The van der Waals surface area contributed by atoms with Crippen molar-refractivity contribution in [3.8, 4) is 6.07 Å². The van der Waals surface area contributed by atoms with Crippen LogP contribution in [0.25, 0.3) is 0 Å². The summed E-state index contributed by atoms with van der Waals surface area (Å²) in [5, 5.41) is 8.44. The summed E-state index contributed by atoms with van der Waals surface area (Å²) in [5.74, 6) is 0.643. The van der Waals surface area contributed by atoms with Gasteiger partial charge in [0, 0.05) is 17.2 Å². The standard InChI is InChI=1S/C10H13N3O/c1-10(2,3)9-12-6-7(4-5-11)8(14)13-9/h6H,4H2,1-3H3,(H,12,13,14). The van der Waals surface area contributed by atoms with Gasteiger partial charge in [0.15, 0.2) is 0 Å². The van der Waals surface area contributed by atoms with Crippen molar-refractivity contribution in [2.75, 3.05) is 0 Å². The quantitative estimate of drug-likeness (QED) is 0.723. The fourth-order valence-electron chi connectivity index (χ4n) is 1.01. The van der Waals surface area contributed by atoms with Crippen LogP contribution in [0.5, 0.6) is 0 Å².